The summed E-state index contributed by atoms with van der Waals surface area (Å²) in [6, 6.07) is 3.54. The summed E-state index contributed by atoms with van der Waals surface area (Å²) in [5.74, 6) is -1.31. The lowest BCUT2D eigenvalue weighted by molar-refractivity contribution is -0.140. The van der Waals surface area contributed by atoms with Crippen molar-refractivity contribution in [2.75, 3.05) is 7.11 Å². The van der Waals surface area contributed by atoms with E-state index in [4.69, 9.17) is 14.0 Å². The van der Waals surface area contributed by atoms with Gasteiger partial charge in [0.15, 0.2) is 0 Å². The molecular formula is C17H21BBrF3O4. The number of carbonyl (C=O) groups excluding carboxylic acids is 1. The molecule has 0 spiro atoms. The highest BCUT2D eigenvalue weighted by Gasteiger charge is 2.54. The van der Waals surface area contributed by atoms with Crippen molar-refractivity contribution < 1.29 is 32.0 Å². The Hall–Kier alpha value is -1.06. The van der Waals surface area contributed by atoms with Crippen LogP contribution in [0.4, 0.5) is 13.2 Å². The Labute approximate surface area is 159 Å². The zero-order valence-corrected chi connectivity index (χ0v) is 16.8. The molecular weight excluding hydrogens is 416 g/mol. The molecule has 0 bridgehead atoms. The molecule has 0 aromatic heterocycles. The fraction of sp³-hybridized carbons (Fsp3) is 0.588. The SMILES string of the molecule is COC(=O)CC(B1OC(C)(C)C(C)(C)O1)c1cc(Br)cc(C(F)(F)F)c1. The van der Waals surface area contributed by atoms with E-state index in [2.05, 4.69) is 15.9 Å². The van der Waals surface area contributed by atoms with Gasteiger partial charge in [-0.2, -0.15) is 13.2 Å². The highest BCUT2D eigenvalue weighted by Crippen LogP contribution is 2.43. The van der Waals surface area contributed by atoms with Crippen molar-refractivity contribution in [3.8, 4) is 0 Å². The Kier molecular flexibility index (Phi) is 5.86. The predicted octanol–water partition coefficient (Wildman–Crippen LogP) is 4.75. The summed E-state index contributed by atoms with van der Waals surface area (Å²) in [6.45, 7) is 7.35. The van der Waals surface area contributed by atoms with Gasteiger partial charge in [-0.3, -0.25) is 4.79 Å². The third kappa shape index (κ3) is 4.43. The van der Waals surface area contributed by atoms with E-state index in [1.54, 1.807) is 0 Å². The third-order valence-electron chi connectivity index (χ3n) is 4.89. The summed E-state index contributed by atoms with van der Waals surface area (Å²) in [5.41, 5.74) is -1.88. The number of alkyl halides is 3. The molecule has 1 atom stereocenters. The second-order valence-electron chi connectivity index (χ2n) is 7.28. The van der Waals surface area contributed by atoms with Gasteiger partial charge in [-0.15, -0.1) is 0 Å². The minimum Gasteiger partial charge on any atom is -0.469 e. The fourth-order valence-electron chi connectivity index (χ4n) is 2.68. The number of methoxy groups -OCH3 is 1. The number of esters is 1. The highest BCUT2D eigenvalue weighted by atomic mass is 79.9. The summed E-state index contributed by atoms with van der Waals surface area (Å²) in [7, 11) is 0.348. The maximum absolute atomic E-state index is 13.2. The minimum atomic E-state index is -4.51. The third-order valence-corrected chi connectivity index (χ3v) is 5.35. The molecule has 0 aliphatic carbocycles. The molecule has 0 amide bonds. The lowest BCUT2D eigenvalue weighted by atomic mass is 9.66. The molecule has 0 radical (unpaired) electrons. The molecule has 26 heavy (non-hydrogen) atoms. The van der Waals surface area contributed by atoms with E-state index in [9.17, 15) is 18.0 Å². The van der Waals surface area contributed by atoms with Gasteiger partial charge in [-0.1, -0.05) is 15.9 Å². The van der Waals surface area contributed by atoms with E-state index in [1.807, 2.05) is 27.7 Å². The molecule has 1 fully saturated rings. The second kappa shape index (κ2) is 7.17. The Morgan fingerprint density at radius 3 is 2.19 bits per heavy atom. The summed E-state index contributed by atoms with van der Waals surface area (Å²) in [6.07, 6.45) is -4.68. The predicted molar refractivity (Wildman–Crippen MR) is 94.6 cm³/mol. The summed E-state index contributed by atoms with van der Waals surface area (Å²) >= 11 is 3.11. The topological polar surface area (TPSA) is 44.8 Å². The number of benzene rings is 1. The smallest absolute Gasteiger partial charge is 0.466 e. The normalized spacial score (nSPS) is 20.1. The first kappa shape index (κ1) is 21.2. The van der Waals surface area contributed by atoms with Crippen molar-refractivity contribution >= 4 is 29.0 Å². The lowest BCUT2D eigenvalue weighted by Crippen LogP contribution is -2.41. The number of rotatable bonds is 4. The minimum absolute atomic E-state index is 0.166. The number of carbonyl (C=O) groups is 1. The maximum Gasteiger partial charge on any atom is 0.466 e. The zero-order chi connectivity index (χ0) is 19.9. The maximum atomic E-state index is 13.2. The molecule has 0 saturated carbocycles. The van der Waals surface area contributed by atoms with Crippen LogP contribution in [-0.2, 0) is 25.0 Å². The molecule has 1 aromatic carbocycles. The average Bonchev–Trinajstić information content (AvgIpc) is 2.70. The molecule has 144 valence electrons. The van der Waals surface area contributed by atoms with Crippen LogP contribution in [0.1, 0.15) is 51.1 Å². The van der Waals surface area contributed by atoms with Gasteiger partial charge in [0.05, 0.1) is 30.3 Å². The van der Waals surface area contributed by atoms with Crippen molar-refractivity contribution in [2.45, 2.75) is 57.3 Å². The number of ether oxygens (including phenoxy) is 1. The van der Waals surface area contributed by atoms with Gasteiger partial charge in [0.25, 0.3) is 0 Å². The first-order valence-electron chi connectivity index (χ1n) is 8.07. The summed E-state index contributed by atoms with van der Waals surface area (Å²) in [5, 5.41) is 0. The Morgan fingerprint density at radius 2 is 1.73 bits per heavy atom. The van der Waals surface area contributed by atoms with Crippen LogP contribution in [0.2, 0.25) is 0 Å². The van der Waals surface area contributed by atoms with Crippen LogP contribution >= 0.6 is 15.9 Å². The Bertz CT molecular complexity index is 675. The van der Waals surface area contributed by atoms with E-state index in [0.717, 1.165) is 12.1 Å². The number of hydrogen-bond donors (Lipinski definition) is 0. The largest absolute Gasteiger partial charge is 0.469 e. The van der Waals surface area contributed by atoms with Gasteiger partial charge >= 0.3 is 19.3 Å². The summed E-state index contributed by atoms with van der Waals surface area (Å²) < 4.78 is 56.5. The van der Waals surface area contributed by atoms with Gasteiger partial charge in [0.1, 0.15) is 0 Å². The Morgan fingerprint density at radius 1 is 1.19 bits per heavy atom. The molecule has 1 aliphatic heterocycles. The molecule has 1 aliphatic rings. The standard InChI is InChI=1S/C17H21BBrF3O4/c1-15(2)16(3,4)26-18(25-15)13(9-14(23)24-5)10-6-11(17(20,21)22)8-12(19)7-10/h6-8,13H,9H2,1-5H3. The van der Waals surface area contributed by atoms with E-state index in [1.165, 1.54) is 13.2 Å². The van der Waals surface area contributed by atoms with Crippen molar-refractivity contribution in [3.05, 3.63) is 33.8 Å². The monoisotopic (exact) mass is 436 g/mol. The molecule has 1 aromatic rings. The average molecular weight is 437 g/mol. The molecule has 0 N–H and O–H groups in total. The van der Waals surface area contributed by atoms with Crippen LogP contribution in [0, 0.1) is 0 Å². The van der Waals surface area contributed by atoms with E-state index in [-0.39, 0.29) is 16.5 Å². The molecule has 9 heteroatoms. The van der Waals surface area contributed by atoms with Crippen molar-refractivity contribution in [1.82, 2.24) is 0 Å². The zero-order valence-electron chi connectivity index (χ0n) is 15.2. The molecule has 1 heterocycles. The fourth-order valence-corrected chi connectivity index (χ4v) is 3.19. The van der Waals surface area contributed by atoms with Crippen LogP contribution in [0.15, 0.2) is 22.7 Å². The Balaban J connectivity index is 2.47. The van der Waals surface area contributed by atoms with Crippen molar-refractivity contribution in [3.63, 3.8) is 0 Å². The number of hydrogen-bond acceptors (Lipinski definition) is 4. The quantitative estimate of drug-likeness (QED) is 0.504. The van der Waals surface area contributed by atoms with Crippen LogP contribution in [0.25, 0.3) is 0 Å². The highest BCUT2D eigenvalue weighted by molar-refractivity contribution is 9.10. The molecule has 1 saturated heterocycles. The van der Waals surface area contributed by atoms with Gasteiger partial charge in [-0.25, -0.2) is 0 Å². The van der Waals surface area contributed by atoms with Gasteiger partial charge in [0, 0.05) is 10.3 Å². The van der Waals surface area contributed by atoms with Crippen molar-refractivity contribution in [1.29, 1.82) is 0 Å². The van der Waals surface area contributed by atoms with E-state index in [0.29, 0.717) is 0 Å². The molecule has 2 rings (SSSR count). The van der Waals surface area contributed by atoms with Gasteiger partial charge in [0.2, 0.25) is 0 Å². The first-order valence-corrected chi connectivity index (χ1v) is 8.86. The van der Waals surface area contributed by atoms with Crippen LogP contribution in [0.3, 0.4) is 0 Å². The van der Waals surface area contributed by atoms with Crippen molar-refractivity contribution in [2.24, 2.45) is 0 Å². The molecule has 4 nitrogen and oxygen atoms in total. The number of halogens is 4. The first-order chi connectivity index (χ1) is 11.8. The lowest BCUT2D eigenvalue weighted by Gasteiger charge is -2.32. The van der Waals surface area contributed by atoms with E-state index >= 15 is 0 Å². The molecule has 1 unspecified atom stereocenters. The van der Waals surface area contributed by atoms with Crippen LogP contribution < -0.4 is 0 Å². The second-order valence-corrected chi connectivity index (χ2v) is 8.20. The summed E-state index contributed by atoms with van der Waals surface area (Å²) in [4.78, 5) is 11.9. The van der Waals surface area contributed by atoms with Gasteiger partial charge in [-0.05, 0) is 51.5 Å². The van der Waals surface area contributed by atoms with E-state index < -0.39 is 41.8 Å². The van der Waals surface area contributed by atoms with Crippen LogP contribution in [0.5, 0.6) is 0 Å². The van der Waals surface area contributed by atoms with Crippen LogP contribution in [-0.4, -0.2) is 31.4 Å². The van der Waals surface area contributed by atoms with Gasteiger partial charge < -0.3 is 14.0 Å².